The summed E-state index contributed by atoms with van der Waals surface area (Å²) in [6, 6.07) is 10.1. The van der Waals surface area contributed by atoms with Crippen molar-refractivity contribution >= 4 is 11.6 Å². The van der Waals surface area contributed by atoms with Crippen LogP contribution in [0.25, 0.3) is 11.4 Å². The molecule has 180 valence electrons. The summed E-state index contributed by atoms with van der Waals surface area (Å²) in [6.07, 6.45) is -4.45. The molecule has 2 heterocycles. The van der Waals surface area contributed by atoms with E-state index in [1.807, 2.05) is 11.8 Å². The van der Waals surface area contributed by atoms with Gasteiger partial charge in [0.25, 0.3) is 0 Å². The van der Waals surface area contributed by atoms with E-state index in [-0.39, 0.29) is 35.7 Å². The van der Waals surface area contributed by atoms with Crippen LogP contribution in [-0.2, 0) is 11.0 Å². The van der Waals surface area contributed by atoms with Crippen molar-refractivity contribution in [1.29, 1.82) is 0 Å². The molecule has 1 aliphatic heterocycles. The van der Waals surface area contributed by atoms with E-state index >= 15 is 0 Å². The molecule has 3 aromatic rings. The van der Waals surface area contributed by atoms with Gasteiger partial charge in [-0.3, -0.25) is 14.6 Å². The maximum Gasteiger partial charge on any atom is 0.416 e. The fraction of sp³-hybridized carbons (Fsp3) is 0.348. The number of carbonyl (C=O) groups is 1. The van der Waals surface area contributed by atoms with E-state index in [2.05, 4.69) is 20.4 Å². The topological polar surface area (TPSA) is 74.5 Å². The zero-order chi connectivity index (χ0) is 24.3. The van der Waals surface area contributed by atoms with Crippen molar-refractivity contribution < 1.29 is 26.9 Å². The molecular formula is C23H23F4N5O2. The van der Waals surface area contributed by atoms with Gasteiger partial charge in [-0.25, -0.2) is 4.39 Å². The molecule has 1 amide bonds. The fourth-order valence-electron chi connectivity index (χ4n) is 3.76. The minimum absolute atomic E-state index is 0.101. The standard InChI is InChI=1S/C23H23F4N5O2/c1-15(22-29-21(30-34-22)16-3-2-4-17(13-16)23(25,26)27)32-11-9-31(10-12-32)14-20(33)28-19-7-5-18(24)6-8-19/h2-8,13,15H,9-12,14H2,1H3,(H,28,33)/t15-/m0/s1. The van der Waals surface area contributed by atoms with Gasteiger partial charge in [-0.15, -0.1) is 0 Å². The van der Waals surface area contributed by atoms with Gasteiger partial charge in [-0.2, -0.15) is 18.2 Å². The van der Waals surface area contributed by atoms with Crippen molar-refractivity contribution in [3.8, 4) is 11.4 Å². The number of nitrogens with zero attached hydrogens (tertiary/aromatic N) is 4. The van der Waals surface area contributed by atoms with Gasteiger partial charge >= 0.3 is 6.18 Å². The molecule has 2 aromatic carbocycles. The molecule has 11 heteroatoms. The van der Waals surface area contributed by atoms with Gasteiger partial charge < -0.3 is 9.84 Å². The molecule has 0 unspecified atom stereocenters. The molecule has 0 saturated carbocycles. The van der Waals surface area contributed by atoms with Crippen LogP contribution in [-0.4, -0.2) is 58.6 Å². The molecule has 1 saturated heterocycles. The van der Waals surface area contributed by atoms with Gasteiger partial charge in [0, 0.05) is 37.4 Å². The third-order valence-corrected chi connectivity index (χ3v) is 5.70. The minimum atomic E-state index is -4.45. The van der Waals surface area contributed by atoms with Gasteiger partial charge in [0.2, 0.25) is 17.6 Å². The third-order valence-electron chi connectivity index (χ3n) is 5.70. The van der Waals surface area contributed by atoms with Crippen molar-refractivity contribution in [1.82, 2.24) is 19.9 Å². The van der Waals surface area contributed by atoms with E-state index < -0.39 is 11.7 Å². The Bertz CT molecular complexity index is 1120. The van der Waals surface area contributed by atoms with Crippen LogP contribution in [0.5, 0.6) is 0 Å². The largest absolute Gasteiger partial charge is 0.416 e. The fourth-order valence-corrected chi connectivity index (χ4v) is 3.76. The lowest BCUT2D eigenvalue weighted by molar-refractivity contribution is -0.137. The number of halogens is 4. The smallest absolute Gasteiger partial charge is 0.337 e. The van der Waals surface area contributed by atoms with Crippen LogP contribution in [0.2, 0.25) is 0 Å². The lowest BCUT2D eigenvalue weighted by Crippen LogP contribution is -2.49. The van der Waals surface area contributed by atoms with E-state index in [0.717, 1.165) is 12.1 Å². The Morgan fingerprint density at radius 1 is 1.12 bits per heavy atom. The van der Waals surface area contributed by atoms with Crippen LogP contribution in [0, 0.1) is 5.82 Å². The molecule has 1 N–H and O–H groups in total. The van der Waals surface area contributed by atoms with E-state index in [1.54, 1.807) is 0 Å². The number of alkyl halides is 3. The maximum atomic E-state index is 13.0. The summed E-state index contributed by atoms with van der Waals surface area (Å²) in [5.41, 5.74) is -0.00961. The lowest BCUT2D eigenvalue weighted by Gasteiger charge is -2.36. The van der Waals surface area contributed by atoms with E-state index in [4.69, 9.17) is 4.52 Å². The Balaban J connectivity index is 1.31. The maximum absolute atomic E-state index is 13.0. The summed E-state index contributed by atoms with van der Waals surface area (Å²) >= 11 is 0. The summed E-state index contributed by atoms with van der Waals surface area (Å²) < 4.78 is 57.3. The predicted octanol–water partition coefficient (Wildman–Crippen LogP) is 4.21. The van der Waals surface area contributed by atoms with Crippen molar-refractivity contribution in [3.63, 3.8) is 0 Å². The van der Waals surface area contributed by atoms with Crippen molar-refractivity contribution in [2.45, 2.75) is 19.1 Å². The highest BCUT2D eigenvalue weighted by Crippen LogP contribution is 2.32. The van der Waals surface area contributed by atoms with Crippen LogP contribution in [0.15, 0.2) is 53.1 Å². The molecule has 1 aliphatic rings. The minimum Gasteiger partial charge on any atom is -0.337 e. The van der Waals surface area contributed by atoms with Gasteiger partial charge in [-0.05, 0) is 43.3 Å². The first-order valence-electron chi connectivity index (χ1n) is 10.7. The number of piperazine rings is 1. The first-order valence-corrected chi connectivity index (χ1v) is 10.7. The van der Waals surface area contributed by atoms with E-state index in [1.165, 1.54) is 36.4 Å². The predicted molar refractivity (Wildman–Crippen MR) is 116 cm³/mol. The van der Waals surface area contributed by atoms with Crippen LogP contribution in [0.3, 0.4) is 0 Å². The molecule has 0 radical (unpaired) electrons. The molecule has 7 nitrogen and oxygen atoms in total. The van der Waals surface area contributed by atoms with Crippen LogP contribution in [0.4, 0.5) is 23.2 Å². The first kappa shape index (κ1) is 23.8. The summed E-state index contributed by atoms with van der Waals surface area (Å²) in [4.78, 5) is 20.7. The second-order valence-electron chi connectivity index (χ2n) is 8.08. The van der Waals surface area contributed by atoms with Crippen LogP contribution in [0.1, 0.15) is 24.4 Å². The second-order valence-corrected chi connectivity index (χ2v) is 8.08. The number of benzene rings is 2. The number of hydrogen-bond donors (Lipinski definition) is 1. The molecule has 1 aromatic heterocycles. The average molecular weight is 477 g/mol. The molecule has 0 spiro atoms. The quantitative estimate of drug-likeness (QED) is 0.536. The molecular weight excluding hydrogens is 454 g/mol. The third kappa shape index (κ3) is 5.78. The Labute approximate surface area is 193 Å². The van der Waals surface area contributed by atoms with Crippen molar-refractivity contribution in [2.75, 3.05) is 38.0 Å². The number of carbonyl (C=O) groups excluding carboxylic acids is 1. The molecule has 0 aliphatic carbocycles. The average Bonchev–Trinajstić information content (AvgIpc) is 3.31. The lowest BCUT2D eigenvalue weighted by atomic mass is 10.1. The number of amides is 1. The Morgan fingerprint density at radius 3 is 2.50 bits per heavy atom. The zero-order valence-corrected chi connectivity index (χ0v) is 18.3. The molecule has 34 heavy (non-hydrogen) atoms. The number of hydrogen-bond acceptors (Lipinski definition) is 6. The summed E-state index contributed by atoms with van der Waals surface area (Å²) in [5, 5.41) is 6.60. The zero-order valence-electron chi connectivity index (χ0n) is 18.3. The molecule has 0 bridgehead atoms. The number of nitrogens with one attached hydrogen (secondary N) is 1. The highest BCUT2D eigenvalue weighted by molar-refractivity contribution is 5.92. The molecule has 1 fully saturated rings. The van der Waals surface area contributed by atoms with Crippen LogP contribution >= 0.6 is 0 Å². The Hall–Kier alpha value is -3.31. The van der Waals surface area contributed by atoms with Gasteiger partial charge in [0.15, 0.2) is 0 Å². The normalized spacial score (nSPS) is 16.4. The van der Waals surface area contributed by atoms with Gasteiger partial charge in [-0.1, -0.05) is 17.3 Å². The second kappa shape index (κ2) is 9.90. The SMILES string of the molecule is C[C@@H](c1nc(-c2cccc(C(F)(F)F)c2)no1)N1CCN(CC(=O)Nc2ccc(F)cc2)CC1. The monoisotopic (exact) mass is 477 g/mol. The Kier molecular flexibility index (Phi) is 6.94. The number of aromatic nitrogens is 2. The Morgan fingerprint density at radius 2 is 1.82 bits per heavy atom. The first-order chi connectivity index (χ1) is 16.2. The van der Waals surface area contributed by atoms with Gasteiger partial charge in [0.05, 0.1) is 18.2 Å². The van der Waals surface area contributed by atoms with Crippen LogP contribution < -0.4 is 5.32 Å². The summed E-state index contributed by atoms with van der Waals surface area (Å²) in [5.74, 6) is -0.138. The van der Waals surface area contributed by atoms with Gasteiger partial charge in [0.1, 0.15) is 5.82 Å². The molecule has 4 rings (SSSR count). The molecule has 1 atom stereocenters. The number of rotatable bonds is 6. The van der Waals surface area contributed by atoms with E-state index in [0.29, 0.717) is 37.8 Å². The van der Waals surface area contributed by atoms with E-state index in [9.17, 15) is 22.4 Å². The summed E-state index contributed by atoms with van der Waals surface area (Å²) in [7, 11) is 0. The van der Waals surface area contributed by atoms with Crippen molar-refractivity contribution in [3.05, 3.63) is 65.8 Å². The highest BCUT2D eigenvalue weighted by Gasteiger charge is 2.31. The number of anilines is 1. The highest BCUT2D eigenvalue weighted by atomic mass is 19.4. The summed E-state index contributed by atoms with van der Waals surface area (Å²) in [6.45, 7) is 4.66. The van der Waals surface area contributed by atoms with Crippen molar-refractivity contribution in [2.24, 2.45) is 0 Å².